The smallest absolute Gasteiger partial charge is 0.277 e. The lowest BCUT2D eigenvalue weighted by Gasteiger charge is -2.16. The molecular weight excluding hydrogens is 584 g/mol. The van der Waals surface area contributed by atoms with Crippen molar-refractivity contribution in [2.75, 3.05) is 38.2 Å². The highest BCUT2D eigenvalue weighted by Gasteiger charge is 2.24. The topological polar surface area (TPSA) is 112 Å². The van der Waals surface area contributed by atoms with Crippen LogP contribution in [0.2, 0.25) is 0 Å². The summed E-state index contributed by atoms with van der Waals surface area (Å²) in [5.41, 5.74) is 0.359. The van der Waals surface area contributed by atoms with Gasteiger partial charge in [-0.2, -0.15) is 0 Å². The number of nitrogens with zero attached hydrogens (tertiary/aromatic N) is 2. The molecule has 1 fully saturated rings. The van der Waals surface area contributed by atoms with Crippen molar-refractivity contribution in [1.29, 1.82) is 0 Å². The number of likely N-dealkylation sites (tertiary alicyclic amines) is 1. The zero-order valence-electron chi connectivity index (χ0n) is 18.3. The molecule has 0 radical (unpaired) electrons. The highest BCUT2D eigenvalue weighted by atomic mass is 127. The van der Waals surface area contributed by atoms with Crippen LogP contribution in [0.5, 0.6) is 0 Å². The highest BCUT2D eigenvalue weighted by molar-refractivity contribution is 14.1. The van der Waals surface area contributed by atoms with Gasteiger partial charge in [-0.1, -0.05) is 5.16 Å². The zero-order valence-corrected chi connectivity index (χ0v) is 20.5. The molecule has 0 aliphatic carbocycles. The number of hydroxylamine groups is 1. The SMILES string of the molecule is O=C(NOCCO)c1cc(/C=N/OCCN2CCCC2=O)c(F)c(F)c1Nc1ccc(I)cc1F. The van der Waals surface area contributed by atoms with Gasteiger partial charge in [0.25, 0.3) is 5.91 Å². The van der Waals surface area contributed by atoms with E-state index in [1.165, 1.54) is 12.1 Å². The molecule has 188 valence electrons. The number of halogens is 4. The van der Waals surface area contributed by atoms with Crippen LogP contribution in [0.3, 0.4) is 0 Å². The summed E-state index contributed by atoms with van der Waals surface area (Å²) in [7, 11) is 0. The van der Waals surface area contributed by atoms with E-state index in [9.17, 15) is 18.4 Å². The molecule has 2 aromatic carbocycles. The van der Waals surface area contributed by atoms with Crippen molar-refractivity contribution in [3.05, 3.63) is 56.4 Å². The molecule has 0 atom stereocenters. The molecule has 0 spiro atoms. The van der Waals surface area contributed by atoms with Gasteiger partial charge in [0.15, 0.2) is 11.6 Å². The number of aliphatic hydroxyl groups is 1. The second-order valence-corrected chi connectivity index (χ2v) is 8.57. The van der Waals surface area contributed by atoms with Gasteiger partial charge in [-0.25, -0.2) is 18.7 Å². The average Bonchev–Trinajstić information content (AvgIpc) is 3.24. The molecule has 0 bridgehead atoms. The Morgan fingerprint density at radius 2 is 2.03 bits per heavy atom. The maximum atomic E-state index is 15.0. The fourth-order valence-electron chi connectivity index (χ4n) is 3.22. The largest absolute Gasteiger partial charge is 0.394 e. The van der Waals surface area contributed by atoms with Crippen LogP contribution in [0.25, 0.3) is 0 Å². The van der Waals surface area contributed by atoms with E-state index in [1.807, 2.05) is 28.1 Å². The Balaban J connectivity index is 1.83. The number of carbonyl (C=O) groups is 2. The zero-order chi connectivity index (χ0) is 25.4. The molecule has 9 nitrogen and oxygen atoms in total. The van der Waals surface area contributed by atoms with Crippen molar-refractivity contribution in [3.8, 4) is 0 Å². The molecule has 1 saturated heterocycles. The monoisotopic (exact) mass is 606 g/mol. The number of hydrogen-bond acceptors (Lipinski definition) is 7. The minimum Gasteiger partial charge on any atom is -0.394 e. The molecule has 0 saturated carbocycles. The van der Waals surface area contributed by atoms with Crippen molar-refractivity contribution in [2.45, 2.75) is 12.8 Å². The Hall–Kier alpha value is -2.91. The van der Waals surface area contributed by atoms with Crippen LogP contribution >= 0.6 is 22.6 Å². The summed E-state index contributed by atoms with van der Waals surface area (Å²) in [6.07, 6.45) is 2.13. The molecule has 0 unspecified atom stereocenters. The summed E-state index contributed by atoms with van der Waals surface area (Å²) >= 11 is 1.89. The van der Waals surface area contributed by atoms with E-state index < -0.39 is 46.8 Å². The first-order chi connectivity index (χ1) is 16.8. The van der Waals surface area contributed by atoms with Gasteiger partial charge in [-0.15, -0.1) is 0 Å². The van der Waals surface area contributed by atoms with Crippen LogP contribution in [0.15, 0.2) is 29.4 Å². The van der Waals surface area contributed by atoms with Crippen molar-refractivity contribution in [3.63, 3.8) is 0 Å². The minimum absolute atomic E-state index is 0.0115. The van der Waals surface area contributed by atoms with E-state index in [-0.39, 0.29) is 24.8 Å². The fourth-order valence-corrected chi connectivity index (χ4v) is 3.68. The summed E-state index contributed by atoms with van der Waals surface area (Å²) in [6, 6.07) is 5.01. The predicted octanol–water partition coefficient (Wildman–Crippen LogP) is 3.08. The first-order valence-electron chi connectivity index (χ1n) is 10.5. The third-order valence-electron chi connectivity index (χ3n) is 4.92. The molecule has 35 heavy (non-hydrogen) atoms. The number of anilines is 2. The summed E-state index contributed by atoms with van der Waals surface area (Å²) in [5, 5.41) is 14.8. The number of oxime groups is 1. The molecular formula is C22H22F3IN4O5. The number of aliphatic hydroxyl groups excluding tert-OH is 1. The van der Waals surface area contributed by atoms with Gasteiger partial charge in [0.05, 0.1) is 42.9 Å². The van der Waals surface area contributed by atoms with Gasteiger partial charge in [-0.05, 0) is 53.3 Å². The maximum absolute atomic E-state index is 15.0. The van der Waals surface area contributed by atoms with Crippen LogP contribution in [0.1, 0.15) is 28.8 Å². The van der Waals surface area contributed by atoms with E-state index >= 15 is 4.39 Å². The van der Waals surface area contributed by atoms with Gasteiger partial charge < -0.3 is 20.2 Å². The third-order valence-corrected chi connectivity index (χ3v) is 5.59. The standard InChI is InChI=1S/C22H22F3IN4O5/c23-16-11-14(26)3-4-17(16)28-21-15(22(33)29-35-9-7-31)10-13(19(24)20(21)25)12-27-34-8-6-30-5-1-2-18(30)32/h3-4,10-12,28,31H,1-2,5-9H2,(H,29,33)/b27-12+. The van der Waals surface area contributed by atoms with Crippen molar-refractivity contribution in [1.82, 2.24) is 10.4 Å². The Bertz CT molecular complexity index is 1120. The third kappa shape index (κ3) is 7.05. The predicted molar refractivity (Wildman–Crippen MR) is 129 cm³/mol. The molecule has 3 N–H and O–H groups in total. The summed E-state index contributed by atoms with van der Waals surface area (Å²) in [5.74, 6) is -4.52. The van der Waals surface area contributed by atoms with Gasteiger partial charge in [0.1, 0.15) is 12.4 Å². The quantitative estimate of drug-likeness (QED) is 0.157. The van der Waals surface area contributed by atoms with Gasteiger partial charge in [0.2, 0.25) is 5.91 Å². The van der Waals surface area contributed by atoms with Gasteiger partial charge in [-0.3, -0.25) is 14.4 Å². The van der Waals surface area contributed by atoms with Crippen molar-refractivity contribution in [2.24, 2.45) is 5.16 Å². The normalized spacial score (nSPS) is 13.5. The minimum atomic E-state index is -1.46. The Morgan fingerprint density at radius 3 is 2.71 bits per heavy atom. The van der Waals surface area contributed by atoms with Crippen molar-refractivity contribution < 1.29 is 37.5 Å². The lowest BCUT2D eigenvalue weighted by Crippen LogP contribution is -2.28. The van der Waals surface area contributed by atoms with Gasteiger partial charge >= 0.3 is 0 Å². The van der Waals surface area contributed by atoms with Gasteiger partial charge in [0, 0.05) is 22.1 Å². The molecule has 0 aromatic heterocycles. The summed E-state index contributed by atoms with van der Waals surface area (Å²) in [4.78, 5) is 35.6. The number of nitrogens with one attached hydrogen (secondary N) is 2. The van der Waals surface area contributed by atoms with Crippen LogP contribution in [0, 0.1) is 21.0 Å². The van der Waals surface area contributed by atoms with Crippen LogP contribution in [-0.4, -0.2) is 60.9 Å². The molecule has 2 aromatic rings. The van der Waals surface area contributed by atoms with Crippen LogP contribution in [-0.2, 0) is 14.5 Å². The number of carbonyl (C=O) groups excluding carboxylic acids is 2. The lowest BCUT2D eigenvalue weighted by molar-refractivity contribution is -0.128. The second kappa shape index (κ2) is 12.7. The molecule has 3 rings (SSSR count). The van der Waals surface area contributed by atoms with Crippen LogP contribution < -0.4 is 10.8 Å². The number of benzene rings is 2. The molecule has 1 aliphatic heterocycles. The number of hydrogen-bond donors (Lipinski definition) is 3. The first kappa shape index (κ1) is 26.7. The van der Waals surface area contributed by atoms with E-state index in [4.69, 9.17) is 14.8 Å². The molecule has 2 amide bonds. The average molecular weight is 606 g/mol. The molecule has 1 aliphatic rings. The number of rotatable bonds is 11. The van der Waals surface area contributed by atoms with Crippen LogP contribution in [0.4, 0.5) is 24.5 Å². The maximum Gasteiger partial charge on any atom is 0.277 e. The number of amides is 2. The highest BCUT2D eigenvalue weighted by Crippen LogP contribution is 2.30. The van der Waals surface area contributed by atoms with E-state index in [0.717, 1.165) is 18.7 Å². The Labute approximate surface area is 212 Å². The van der Waals surface area contributed by atoms with E-state index in [2.05, 4.69) is 10.5 Å². The molecule has 13 heteroatoms. The first-order valence-corrected chi connectivity index (χ1v) is 11.6. The fraction of sp³-hybridized carbons (Fsp3) is 0.318. The molecule has 1 heterocycles. The van der Waals surface area contributed by atoms with E-state index in [1.54, 1.807) is 11.0 Å². The Morgan fingerprint density at radius 1 is 1.23 bits per heavy atom. The van der Waals surface area contributed by atoms with Crippen molar-refractivity contribution >= 4 is 52.0 Å². The summed E-state index contributed by atoms with van der Waals surface area (Å²) < 4.78 is 44.7. The second-order valence-electron chi connectivity index (χ2n) is 7.32. The van der Waals surface area contributed by atoms with E-state index in [0.29, 0.717) is 23.1 Å². The lowest BCUT2D eigenvalue weighted by atomic mass is 10.1. The Kier molecular flexibility index (Phi) is 9.68. The summed E-state index contributed by atoms with van der Waals surface area (Å²) in [6.45, 7) is 0.326.